The first-order valence-corrected chi connectivity index (χ1v) is 7.87. The zero-order valence-corrected chi connectivity index (χ0v) is 14.0. The Morgan fingerprint density at radius 1 is 1.08 bits per heavy atom. The van der Waals surface area contributed by atoms with Gasteiger partial charge in [0.05, 0.1) is 12.7 Å². The molecular formula is C21H15FN2O2. The molecule has 0 aliphatic heterocycles. The van der Waals surface area contributed by atoms with E-state index >= 15 is 0 Å². The molecule has 0 aromatic heterocycles. The number of halogens is 1. The van der Waals surface area contributed by atoms with Gasteiger partial charge in [-0.2, -0.15) is 5.26 Å². The molecule has 0 atom stereocenters. The molecule has 26 heavy (non-hydrogen) atoms. The maximum Gasteiger partial charge on any atom is 0.255 e. The quantitative estimate of drug-likeness (QED) is 0.749. The lowest BCUT2D eigenvalue weighted by atomic mass is 10.0. The molecule has 3 rings (SSSR count). The van der Waals surface area contributed by atoms with E-state index in [-0.39, 0.29) is 11.5 Å². The minimum atomic E-state index is -0.624. The smallest absolute Gasteiger partial charge is 0.255 e. The van der Waals surface area contributed by atoms with Crippen molar-refractivity contribution in [3.63, 3.8) is 0 Å². The highest BCUT2D eigenvalue weighted by Crippen LogP contribution is 2.31. The van der Waals surface area contributed by atoms with Crippen LogP contribution in [0.1, 0.15) is 15.9 Å². The number of amides is 1. The van der Waals surface area contributed by atoms with E-state index in [1.165, 1.54) is 12.1 Å². The highest BCUT2D eigenvalue weighted by atomic mass is 19.1. The number of carbonyl (C=O) groups excluding carboxylic acids is 1. The Hall–Kier alpha value is -3.65. The Morgan fingerprint density at radius 2 is 1.85 bits per heavy atom. The van der Waals surface area contributed by atoms with Crippen molar-refractivity contribution in [2.24, 2.45) is 0 Å². The standard InChI is InChI=1S/C21H15FN2O2/c1-26-20-10-7-15(12-18(20)14-5-3-2-4-6-14)21(25)24-17-8-9-19(22)16(11-17)13-23/h2-12H,1H3,(H,24,25). The summed E-state index contributed by atoms with van der Waals surface area (Å²) in [5.74, 6) is -0.331. The fourth-order valence-corrected chi connectivity index (χ4v) is 2.58. The summed E-state index contributed by atoms with van der Waals surface area (Å²) >= 11 is 0. The number of nitrogens with zero attached hydrogens (tertiary/aromatic N) is 1. The lowest BCUT2D eigenvalue weighted by Gasteiger charge is -2.12. The molecule has 0 heterocycles. The van der Waals surface area contributed by atoms with E-state index in [1.54, 1.807) is 31.4 Å². The van der Waals surface area contributed by atoms with E-state index in [1.807, 2.05) is 30.3 Å². The molecule has 0 bridgehead atoms. The number of methoxy groups -OCH3 is 1. The summed E-state index contributed by atoms with van der Waals surface area (Å²) in [6, 6.07) is 20.3. The highest BCUT2D eigenvalue weighted by Gasteiger charge is 2.13. The number of carbonyl (C=O) groups is 1. The van der Waals surface area contributed by atoms with E-state index < -0.39 is 5.82 Å². The number of anilines is 1. The van der Waals surface area contributed by atoms with Crippen LogP contribution in [0.4, 0.5) is 10.1 Å². The second-order valence-corrected chi connectivity index (χ2v) is 5.54. The largest absolute Gasteiger partial charge is 0.496 e. The molecule has 5 heteroatoms. The van der Waals surface area contributed by atoms with Crippen molar-refractivity contribution in [1.29, 1.82) is 5.26 Å². The Bertz CT molecular complexity index is 995. The van der Waals surface area contributed by atoms with Crippen molar-refractivity contribution in [3.05, 3.63) is 83.7 Å². The zero-order valence-electron chi connectivity index (χ0n) is 14.0. The molecule has 3 aromatic carbocycles. The van der Waals surface area contributed by atoms with Crippen LogP contribution in [0.25, 0.3) is 11.1 Å². The number of nitrogens with one attached hydrogen (secondary N) is 1. The Labute approximate surface area is 150 Å². The summed E-state index contributed by atoms with van der Waals surface area (Å²) in [5.41, 5.74) is 2.37. The fourth-order valence-electron chi connectivity index (χ4n) is 2.58. The van der Waals surface area contributed by atoms with Crippen LogP contribution in [0.3, 0.4) is 0 Å². The van der Waals surface area contributed by atoms with E-state index in [0.29, 0.717) is 17.0 Å². The van der Waals surface area contributed by atoms with Gasteiger partial charge in [-0.25, -0.2) is 4.39 Å². The predicted octanol–water partition coefficient (Wildman–Crippen LogP) is 4.63. The number of hydrogen-bond donors (Lipinski definition) is 1. The Balaban J connectivity index is 1.92. The summed E-state index contributed by atoms with van der Waals surface area (Å²) < 4.78 is 18.8. The number of benzene rings is 3. The molecule has 1 N–H and O–H groups in total. The van der Waals surface area contributed by atoms with Crippen LogP contribution in [-0.4, -0.2) is 13.0 Å². The molecule has 0 radical (unpaired) electrons. The normalized spacial score (nSPS) is 10.0. The minimum absolute atomic E-state index is 0.123. The SMILES string of the molecule is COc1ccc(C(=O)Nc2ccc(F)c(C#N)c2)cc1-c1ccccc1. The Morgan fingerprint density at radius 3 is 2.54 bits per heavy atom. The lowest BCUT2D eigenvalue weighted by Crippen LogP contribution is -2.12. The van der Waals surface area contributed by atoms with Crippen LogP contribution >= 0.6 is 0 Å². The second-order valence-electron chi connectivity index (χ2n) is 5.54. The molecule has 0 aliphatic rings. The summed E-state index contributed by atoms with van der Waals surface area (Å²) in [4.78, 5) is 12.6. The van der Waals surface area contributed by atoms with Crippen molar-refractivity contribution in [3.8, 4) is 22.9 Å². The molecule has 4 nitrogen and oxygen atoms in total. The van der Waals surface area contributed by atoms with Gasteiger partial charge in [-0.3, -0.25) is 4.79 Å². The van der Waals surface area contributed by atoms with Crippen molar-refractivity contribution in [2.45, 2.75) is 0 Å². The molecule has 0 saturated carbocycles. The van der Waals surface area contributed by atoms with Gasteiger partial charge in [-0.05, 0) is 42.0 Å². The van der Waals surface area contributed by atoms with Gasteiger partial charge in [0.1, 0.15) is 17.6 Å². The van der Waals surface area contributed by atoms with E-state index in [9.17, 15) is 9.18 Å². The van der Waals surface area contributed by atoms with Gasteiger partial charge in [-0.1, -0.05) is 30.3 Å². The van der Waals surface area contributed by atoms with Crippen LogP contribution in [0.5, 0.6) is 5.75 Å². The third-order valence-electron chi connectivity index (χ3n) is 3.89. The number of rotatable bonds is 4. The molecule has 0 fully saturated rings. The van der Waals surface area contributed by atoms with E-state index in [0.717, 1.165) is 17.2 Å². The molecule has 0 spiro atoms. The monoisotopic (exact) mass is 346 g/mol. The maximum absolute atomic E-state index is 13.4. The summed E-state index contributed by atoms with van der Waals surface area (Å²) in [5, 5.41) is 11.6. The van der Waals surface area contributed by atoms with Gasteiger partial charge in [0, 0.05) is 16.8 Å². The van der Waals surface area contributed by atoms with E-state index in [2.05, 4.69) is 5.32 Å². The van der Waals surface area contributed by atoms with Crippen LogP contribution in [-0.2, 0) is 0 Å². The van der Waals surface area contributed by atoms with Gasteiger partial charge in [0.25, 0.3) is 5.91 Å². The topological polar surface area (TPSA) is 62.1 Å². The van der Waals surface area contributed by atoms with Crippen LogP contribution in [0, 0.1) is 17.1 Å². The second kappa shape index (κ2) is 7.49. The van der Waals surface area contributed by atoms with Gasteiger partial charge >= 0.3 is 0 Å². The number of hydrogen-bond acceptors (Lipinski definition) is 3. The van der Waals surface area contributed by atoms with Gasteiger partial charge in [0.2, 0.25) is 0 Å². The molecule has 3 aromatic rings. The van der Waals surface area contributed by atoms with Gasteiger partial charge < -0.3 is 10.1 Å². The van der Waals surface area contributed by atoms with Gasteiger partial charge in [0.15, 0.2) is 0 Å². The summed E-state index contributed by atoms with van der Waals surface area (Å²) in [6.07, 6.45) is 0. The predicted molar refractivity (Wildman–Crippen MR) is 97.5 cm³/mol. The van der Waals surface area contributed by atoms with Gasteiger partial charge in [-0.15, -0.1) is 0 Å². The zero-order chi connectivity index (χ0) is 18.5. The molecule has 0 aliphatic carbocycles. The molecule has 0 unspecified atom stereocenters. The molecule has 1 amide bonds. The first-order valence-electron chi connectivity index (χ1n) is 7.87. The molecular weight excluding hydrogens is 331 g/mol. The summed E-state index contributed by atoms with van der Waals surface area (Å²) in [6.45, 7) is 0. The van der Waals surface area contributed by atoms with Crippen molar-refractivity contribution in [2.75, 3.05) is 12.4 Å². The minimum Gasteiger partial charge on any atom is -0.496 e. The van der Waals surface area contributed by atoms with Crippen LogP contribution < -0.4 is 10.1 Å². The first kappa shape index (κ1) is 17.2. The van der Waals surface area contributed by atoms with E-state index in [4.69, 9.17) is 10.00 Å². The van der Waals surface area contributed by atoms with Crippen molar-refractivity contribution in [1.82, 2.24) is 0 Å². The lowest BCUT2D eigenvalue weighted by molar-refractivity contribution is 0.102. The first-order chi connectivity index (χ1) is 12.6. The van der Waals surface area contributed by atoms with Crippen LogP contribution in [0.15, 0.2) is 66.7 Å². The number of nitriles is 1. The third kappa shape index (κ3) is 3.55. The third-order valence-corrected chi connectivity index (χ3v) is 3.89. The van der Waals surface area contributed by atoms with Crippen molar-refractivity contribution >= 4 is 11.6 Å². The average molecular weight is 346 g/mol. The van der Waals surface area contributed by atoms with Crippen molar-refractivity contribution < 1.29 is 13.9 Å². The summed E-state index contributed by atoms with van der Waals surface area (Å²) in [7, 11) is 1.57. The average Bonchev–Trinajstić information content (AvgIpc) is 2.69. The van der Waals surface area contributed by atoms with Crippen LogP contribution in [0.2, 0.25) is 0 Å². The Kier molecular flexibility index (Phi) is 4.95. The number of ether oxygens (including phenoxy) is 1. The maximum atomic E-state index is 13.4. The highest BCUT2D eigenvalue weighted by molar-refractivity contribution is 6.05. The molecule has 128 valence electrons. The fraction of sp³-hybridized carbons (Fsp3) is 0.0476. The molecule has 0 saturated heterocycles.